The number of hydrogen-bond acceptors (Lipinski definition) is 3. The summed E-state index contributed by atoms with van der Waals surface area (Å²) in [6.07, 6.45) is 0.700. The van der Waals surface area contributed by atoms with Gasteiger partial charge in [-0.3, -0.25) is 9.59 Å². The van der Waals surface area contributed by atoms with Gasteiger partial charge < -0.3 is 15.0 Å². The van der Waals surface area contributed by atoms with Gasteiger partial charge in [-0.2, -0.15) is 0 Å². The fourth-order valence-corrected chi connectivity index (χ4v) is 3.08. The molecule has 1 aliphatic rings. The number of para-hydroxylation sites is 1. The van der Waals surface area contributed by atoms with Crippen LogP contribution < -0.4 is 10.1 Å². The van der Waals surface area contributed by atoms with Crippen LogP contribution >= 0.6 is 0 Å². The number of hydrogen-bond donors (Lipinski definition) is 1. The first-order valence-electron chi connectivity index (χ1n) is 8.45. The summed E-state index contributed by atoms with van der Waals surface area (Å²) in [7, 11) is 1.62. The standard InChI is InChI=1S/C20H22N2O3/c1-21-20(24)16-11-12-22(13-16)19(23)14-25-18-10-6-5-9-17(18)15-7-3-2-4-8-15/h2-10,16H,11-14H2,1H3,(H,21,24). The molecule has 0 aromatic heterocycles. The molecule has 2 aromatic carbocycles. The zero-order valence-corrected chi connectivity index (χ0v) is 14.3. The molecule has 25 heavy (non-hydrogen) atoms. The van der Waals surface area contributed by atoms with E-state index in [-0.39, 0.29) is 24.3 Å². The minimum absolute atomic E-state index is 0.00867. The van der Waals surface area contributed by atoms with Gasteiger partial charge in [0.15, 0.2) is 6.61 Å². The largest absolute Gasteiger partial charge is 0.483 e. The Morgan fingerprint density at radius 3 is 2.60 bits per heavy atom. The Balaban J connectivity index is 1.63. The van der Waals surface area contributed by atoms with Crippen molar-refractivity contribution in [2.24, 2.45) is 5.92 Å². The zero-order valence-electron chi connectivity index (χ0n) is 14.3. The lowest BCUT2D eigenvalue weighted by molar-refractivity contribution is -0.132. The first-order valence-corrected chi connectivity index (χ1v) is 8.45. The van der Waals surface area contributed by atoms with E-state index in [1.807, 2.05) is 54.6 Å². The highest BCUT2D eigenvalue weighted by Gasteiger charge is 2.30. The molecule has 5 nitrogen and oxygen atoms in total. The van der Waals surface area contributed by atoms with Crippen LogP contribution in [0, 0.1) is 5.92 Å². The quantitative estimate of drug-likeness (QED) is 0.910. The predicted molar refractivity (Wildman–Crippen MR) is 96.1 cm³/mol. The Morgan fingerprint density at radius 2 is 1.84 bits per heavy atom. The number of amides is 2. The first-order chi connectivity index (χ1) is 12.2. The highest BCUT2D eigenvalue weighted by atomic mass is 16.5. The van der Waals surface area contributed by atoms with Crippen LogP contribution in [-0.2, 0) is 9.59 Å². The highest BCUT2D eigenvalue weighted by Crippen LogP contribution is 2.29. The van der Waals surface area contributed by atoms with Gasteiger partial charge in [0.25, 0.3) is 5.91 Å². The number of carbonyl (C=O) groups excluding carboxylic acids is 2. The van der Waals surface area contributed by atoms with E-state index < -0.39 is 0 Å². The average molecular weight is 338 g/mol. The lowest BCUT2D eigenvalue weighted by Gasteiger charge is -2.17. The number of likely N-dealkylation sites (tertiary alicyclic amines) is 1. The summed E-state index contributed by atoms with van der Waals surface area (Å²) in [5, 5.41) is 2.64. The fraction of sp³-hybridized carbons (Fsp3) is 0.300. The molecule has 1 fully saturated rings. The fourth-order valence-electron chi connectivity index (χ4n) is 3.08. The number of carbonyl (C=O) groups is 2. The van der Waals surface area contributed by atoms with Gasteiger partial charge in [-0.1, -0.05) is 48.5 Å². The second kappa shape index (κ2) is 7.83. The van der Waals surface area contributed by atoms with Crippen molar-refractivity contribution in [1.82, 2.24) is 10.2 Å². The smallest absolute Gasteiger partial charge is 0.260 e. The molecule has 0 saturated carbocycles. The monoisotopic (exact) mass is 338 g/mol. The summed E-state index contributed by atoms with van der Waals surface area (Å²) >= 11 is 0. The summed E-state index contributed by atoms with van der Waals surface area (Å²) in [5.74, 6) is 0.467. The van der Waals surface area contributed by atoms with E-state index >= 15 is 0 Å². The summed E-state index contributed by atoms with van der Waals surface area (Å²) in [6.45, 7) is 1.03. The summed E-state index contributed by atoms with van der Waals surface area (Å²) < 4.78 is 5.80. The van der Waals surface area contributed by atoms with Gasteiger partial charge in [0, 0.05) is 25.7 Å². The SMILES string of the molecule is CNC(=O)C1CCN(C(=O)COc2ccccc2-c2ccccc2)C1. The zero-order chi connectivity index (χ0) is 17.6. The Morgan fingerprint density at radius 1 is 1.12 bits per heavy atom. The van der Waals surface area contributed by atoms with Crippen molar-refractivity contribution in [1.29, 1.82) is 0 Å². The van der Waals surface area contributed by atoms with E-state index in [2.05, 4.69) is 5.32 Å². The van der Waals surface area contributed by atoms with E-state index in [1.54, 1.807) is 11.9 Å². The van der Waals surface area contributed by atoms with Gasteiger partial charge in [0.1, 0.15) is 5.75 Å². The molecule has 0 aliphatic carbocycles. The van der Waals surface area contributed by atoms with Gasteiger partial charge in [0.2, 0.25) is 5.91 Å². The summed E-state index contributed by atoms with van der Waals surface area (Å²) in [4.78, 5) is 25.8. The lowest BCUT2D eigenvalue weighted by atomic mass is 10.1. The molecule has 0 bridgehead atoms. The number of nitrogens with one attached hydrogen (secondary N) is 1. The maximum atomic E-state index is 12.4. The van der Waals surface area contributed by atoms with E-state index in [9.17, 15) is 9.59 Å². The van der Waals surface area contributed by atoms with E-state index in [4.69, 9.17) is 4.74 Å². The van der Waals surface area contributed by atoms with Crippen LogP contribution in [0.15, 0.2) is 54.6 Å². The highest BCUT2D eigenvalue weighted by molar-refractivity contribution is 5.82. The molecule has 1 N–H and O–H groups in total. The van der Waals surface area contributed by atoms with Crippen molar-refractivity contribution in [2.45, 2.75) is 6.42 Å². The van der Waals surface area contributed by atoms with Gasteiger partial charge in [-0.25, -0.2) is 0 Å². The second-order valence-corrected chi connectivity index (χ2v) is 6.09. The summed E-state index contributed by atoms with van der Waals surface area (Å²) in [5.41, 5.74) is 2.01. The third-order valence-electron chi connectivity index (χ3n) is 4.48. The number of benzene rings is 2. The van der Waals surface area contributed by atoms with Crippen molar-refractivity contribution in [2.75, 3.05) is 26.7 Å². The minimum atomic E-state index is -0.120. The van der Waals surface area contributed by atoms with Crippen molar-refractivity contribution >= 4 is 11.8 Å². The van der Waals surface area contributed by atoms with Crippen molar-refractivity contribution in [3.8, 4) is 16.9 Å². The molecule has 1 unspecified atom stereocenters. The number of rotatable bonds is 5. The van der Waals surface area contributed by atoms with Crippen molar-refractivity contribution in [3.63, 3.8) is 0 Å². The first kappa shape index (κ1) is 17.0. The molecule has 2 aromatic rings. The lowest BCUT2D eigenvalue weighted by Crippen LogP contribution is -2.35. The normalized spacial score (nSPS) is 16.5. The molecule has 0 radical (unpaired) electrons. The molecule has 1 heterocycles. The second-order valence-electron chi connectivity index (χ2n) is 6.09. The molecular formula is C20H22N2O3. The summed E-state index contributed by atoms with van der Waals surface area (Å²) in [6, 6.07) is 17.6. The third-order valence-corrected chi connectivity index (χ3v) is 4.48. The maximum Gasteiger partial charge on any atom is 0.260 e. The Kier molecular flexibility index (Phi) is 5.33. The van der Waals surface area contributed by atoms with Crippen LogP contribution in [0.5, 0.6) is 5.75 Å². The predicted octanol–water partition coefficient (Wildman–Crippen LogP) is 2.33. The van der Waals surface area contributed by atoms with Crippen molar-refractivity contribution < 1.29 is 14.3 Å². The Bertz CT molecular complexity index is 746. The van der Waals surface area contributed by atoms with Gasteiger partial charge in [-0.15, -0.1) is 0 Å². The molecular weight excluding hydrogens is 316 g/mol. The molecule has 1 atom stereocenters. The van der Waals surface area contributed by atoms with Crippen LogP contribution in [-0.4, -0.2) is 43.5 Å². The third kappa shape index (κ3) is 3.99. The molecule has 1 aliphatic heterocycles. The van der Waals surface area contributed by atoms with Crippen LogP contribution in [0.4, 0.5) is 0 Å². The topological polar surface area (TPSA) is 58.6 Å². The van der Waals surface area contributed by atoms with Crippen LogP contribution in [0.2, 0.25) is 0 Å². The molecule has 0 spiro atoms. The van der Waals surface area contributed by atoms with Gasteiger partial charge in [0.05, 0.1) is 5.92 Å². The van der Waals surface area contributed by atoms with Crippen LogP contribution in [0.3, 0.4) is 0 Å². The van der Waals surface area contributed by atoms with Crippen LogP contribution in [0.25, 0.3) is 11.1 Å². The molecule has 3 rings (SSSR count). The molecule has 2 amide bonds. The van der Waals surface area contributed by atoms with Crippen LogP contribution in [0.1, 0.15) is 6.42 Å². The molecule has 130 valence electrons. The molecule has 5 heteroatoms. The maximum absolute atomic E-state index is 12.4. The van der Waals surface area contributed by atoms with E-state index in [0.29, 0.717) is 25.3 Å². The van der Waals surface area contributed by atoms with Crippen molar-refractivity contribution in [3.05, 3.63) is 54.6 Å². The number of nitrogens with zero attached hydrogens (tertiary/aromatic N) is 1. The molecule has 1 saturated heterocycles. The Hall–Kier alpha value is -2.82. The number of ether oxygens (including phenoxy) is 1. The minimum Gasteiger partial charge on any atom is -0.483 e. The van der Waals surface area contributed by atoms with E-state index in [0.717, 1.165) is 11.1 Å². The van der Waals surface area contributed by atoms with Gasteiger partial charge >= 0.3 is 0 Å². The Labute approximate surface area is 147 Å². The average Bonchev–Trinajstić information content (AvgIpc) is 3.17. The van der Waals surface area contributed by atoms with E-state index in [1.165, 1.54) is 0 Å². The van der Waals surface area contributed by atoms with Gasteiger partial charge in [-0.05, 0) is 18.1 Å².